The molecule has 3 aromatic rings. The van der Waals surface area contributed by atoms with E-state index in [1.165, 1.54) is 10.9 Å². The second-order valence-corrected chi connectivity index (χ2v) is 5.64. The minimum Gasteiger partial charge on any atom is -0.310 e. The standard InChI is InChI=1S/C16H17N3S/c1-2-17-15(11-16-19-9-10-20-16)13-5-3-7-14-12(13)6-4-8-18-14/h3-10,15,17H,2,11H2,1H3. The molecule has 3 nitrogen and oxygen atoms in total. The van der Waals surface area contributed by atoms with Gasteiger partial charge >= 0.3 is 0 Å². The van der Waals surface area contributed by atoms with Gasteiger partial charge in [0.05, 0.1) is 10.5 Å². The quantitative estimate of drug-likeness (QED) is 0.777. The molecule has 0 amide bonds. The molecular weight excluding hydrogens is 266 g/mol. The molecule has 2 heterocycles. The van der Waals surface area contributed by atoms with Gasteiger partial charge in [-0.25, -0.2) is 4.98 Å². The van der Waals surface area contributed by atoms with Crippen molar-refractivity contribution in [2.24, 2.45) is 0 Å². The van der Waals surface area contributed by atoms with E-state index in [1.807, 2.05) is 23.8 Å². The van der Waals surface area contributed by atoms with Gasteiger partial charge in [0.1, 0.15) is 0 Å². The van der Waals surface area contributed by atoms with Gasteiger partial charge < -0.3 is 5.32 Å². The predicted octanol–water partition coefficient (Wildman–Crippen LogP) is 3.58. The zero-order chi connectivity index (χ0) is 13.8. The summed E-state index contributed by atoms with van der Waals surface area (Å²) >= 11 is 1.71. The summed E-state index contributed by atoms with van der Waals surface area (Å²) in [5.74, 6) is 0. The van der Waals surface area contributed by atoms with Gasteiger partial charge in [-0.1, -0.05) is 25.1 Å². The molecular formula is C16H17N3S. The number of nitrogens with one attached hydrogen (secondary N) is 1. The van der Waals surface area contributed by atoms with Crippen LogP contribution >= 0.6 is 11.3 Å². The number of nitrogens with zero attached hydrogens (tertiary/aromatic N) is 2. The number of likely N-dealkylation sites (N-methyl/N-ethyl adjacent to an activating group) is 1. The Hall–Kier alpha value is -1.78. The number of hydrogen-bond acceptors (Lipinski definition) is 4. The maximum atomic E-state index is 4.44. The molecule has 1 aromatic carbocycles. The van der Waals surface area contributed by atoms with Crippen molar-refractivity contribution in [3.8, 4) is 0 Å². The summed E-state index contributed by atoms with van der Waals surface area (Å²) in [7, 11) is 0. The highest BCUT2D eigenvalue weighted by atomic mass is 32.1. The monoisotopic (exact) mass is 283 g/mol. The zero-order valence-corrected chi connectivity index (χ0v) is 12.2. The fourth-order valence-electron chi connectivity index (χ4n) is 2.50. The Morgan fingerprint density at radius 3 is 2.90 bits per heavy atom. The lowest BCUT2D eigenvalue weighted by Gasteiger charge is -2.19. The Bertz CT molecular complexity index is 674. The van der Waals surface area contributed by atoms with E-state index < -0.39 is 0 Å². The molecule has 0 radical (unpaired) electrons. The van der Waals surface area contributed by atoms with Gasteiger partial charge in [-0.3, -0.25) is 4.98 Å². The second-order valence-electron chi connectivity index (χ2n) is 4.66. The SMILES string of the molecule is CCNC(Cc1nccs1)c1cccc2ncccc12. The number of fused-ring (bicyclic) bond motifs is 1. The van der Waals surface area contributed by atoms with Crippen molar-refractivity contribution in [2.75, 3.05) is 6.54 Å². The average Bonchev–Trinajstić information content (AvgIpc) is 2.99. The molecule has 4 heteroatoms. The molecule has 1 unspecified atom stereocenters. The maximum Gasteiger partial charge on any atom is 0.0943 e. The molecule has 3 rings (SSSR count). The van der Waals surface area contributed by atoms with Crippen LogP contribution in [0.15, 0.2) is 48.1 Å². The minimum atomic E-state index is 0.277. The molecule has 0 fully saturated rings. The molecule has 2 aromatic heterocycles. The van der Waals surface area contributed by atoms with E-state index >= 15 is 0 Å². The molecule has 1 atom stereocenters. The first kappa shape index (κ1) is 13.2. The Morgan fingerprint density at radius 2 is 2.10 bits per heavy atom. The first-order valence-corrected chi connectivity index (χ1v) is 7.72. The van der Waals surface area contributed by atoms with E-state index in [2.05, 4.69) is 46.5 Å². The molecule has 1 N–H and O–H groups in total. The number of benzene rings is 1. The highest BCUT2D eigenvalue weighted by Gasteiger charge is 2.15. The smallest absolute Gasteiger partial charge is 0.0943 e. The van der Waals surface area contributed by atoms with Crippen LogP contribution < -0.4 is 5.32 Å². The maximum absolute atomic E-state index is 4.44. The number of rotatable bonds is 5. The number of hydrogen-bond donors (Lipinski definition) is 1. The summed E-state index contributed by atoms with van der Waals surface area (Å²) < 4.78 is 0. The molecule has 0 aliphatic heterocycles. The fourth-order valence-corrected chi connectivity index (χ4v) is 3.16. The third-order valence-corrected chi connectivity index (χ3v) is 4.17. The van der Waals surface area contributed by atoms with Crippen molar-refractivity contribution < 1.29 is 0 Å². The zero-order valence-electron chi connectivity index (χ0n) is 11.4. The molecule has 0 saturated heterocycles. The lowest BCUT2D eigenvalue weighted by molar-refractivity contribution is 0.552. The van der Waals surface area contributed by atoms with Gasteiger partial charge in [-0.15, -0.1) is 11.3 Å². The van der Waals surface area contributed by atoms with Gasteiger partial charge in [0.2, 0.25) is 0 Å². The van der Waals surface area contributed by atoms with Crippen LogP contribution in [0.3, 0.4) is 0 Å². The number of pyridine rings is 1. The lowest BCUT2D eigenvalue weighted by atomic mass is 9.99. The third-order valence-electron chi connectivity index (χ3n) is 3.37. The fraction of sp³-hybridized carbons (Fsp3) is 0.250. The molecule has 0 bridgehead atoms. The highest BCUT2D eigenvalue weighted by molar-refractivity contribution is 7.09. The number of thiazole rings is 1. The van der Waals surface area contributed by atoms with Crippen LogP contribution in [-0.4, -0.2) is 16.5 Å². The van der Waals surface area contributed by atoms with Crippen molar-refractivity contribution in [1.82, 2.24) is 15.3 Å². The first-order chi connectivity index (χ1) is 9.88. The second kappa shape index (κ2) is 6.11. The van der Waals surface area contributed by atoms with Gasteiger partial charge in [-0.05, 0) is 24.2 Å². The van der Waals surface area contributed by atoms with Crippen LogP contribution in [-0.2, 0) is 6.42 Å². The summed E-state index contributed by atoms with van der Waals surface area (Å²) in [6.45, 7) is 3.07. The molecule has 0 spiro atoms. The molecule has 0 saturated carbocycles. The largest absolute Gasteiger partial charge is 0.310 e. The normalized spacial score (nSPS) is 12.7. The summed E-state index contributed by atoms with van der Waals surface area (Å²) in [6, 6.07) is 10.7. The molecule has 102 valence electrons. The van der Waals surface area contributed by atoms with Crippen LogP contribution in [0.4, 0.5) is 0 Å². The van der Waals surface area contributed by atoms with E-state index in [4.69, 9.17) is 0 Å². The van der Waals surface area contributed by atoms with Gasteiger partial charge in [0, 0.05) is 35.6 Å². The van der Waals surface area contributed by atoms with Crippen molar-refractivity contribution in [3.05, 3.63) is 58.7 Å². The van der Waals surface area contributed by atoms with Gasteiger partial charge in [0.15, 0.2) is 0 Å². The summed E-state index contributed by atoms with van der Waals surface area (Å²) in [6.07, 6.45) is 4.63. The van der Waals surface area contributed by atoms with Crippen LogP contribution in [0.2, 0.25) is 0 Å². The summed E-state index contributed by atoms with van der Waals surface area (Å²) in [4.78, 5) is 8.85. The number of aromatic nitrogens is 2. The average molecular weight is 283 g/mol. The Morgan fingerprint density at radius 1 is 1.15 bits per heavy atom. The summed E-state index contributed by atoms with van der Waals surface area (Å²) in [5.41, 5.74) is 2.35. The molecule has 0 aliphatic carbocycles. The third kappa shape index (κ3) is 2.71. The highest BCUT2D eigenvalue weighted by Crippen LogP contribution is 2.26. The Labute approximate surface area is 122 Å². The Balaban J connectivity index is 2.00. The Kier molecular flexibility index (Phi) is 4.04. The van der Waals surface area contributed by atoms with Gasteiger partial charge in [0.25, 0.3) is 0 Å². The first-order valence-electron chi connectivity index (χ1n) is 6.84. The van der Waals surface area contributed by atoms with Crippen molar-refractivity contribution in [1.29, 1.82) is 0 Å². The predicted molar refractivity (Wildman–Crippen MR) is 84.0 cm³/mol. The topological polar surface area (TPSA) is 37.8 Å². The van der Waals surface area contributed by atoms with Crippen molar-refractivity contribution >= 4 is 22.2 Å². The summed E-state index contributed by atoms with van der Waals surface area (Å²) in [5, 5.41) is 7.98. The van der Waals surface area contributed by atoms with Gasteiger partial charge in [-0.2, -0.15) is 0 Å². The van der Waals surface area contributed by atoms with Crippen LogP contribution in [0.25, 0.3) is 10.9 Å². The van der Waals surface area contributed by atoms with E-state index in [-0.39, 0.29) is 6.04 Å². The van der Waals surface area contributed by atoms with Crippen LogP contribution in [0.5, 0.6) is 0 Å². The van der Waals surface area contributed by atoms with Crippen LogP contribution in [0.1, 0.15) is 23.5 Å². The van der Waals surface area contributed by atoms with E-state index in [1.54, 1.807) is 11.3 Å². The van der Waals surface area contributed by atoms with Crippen molar-refractivity contribution in [2.45, 2.75) is 19.4 Å². The van der Waals surface area contributed by atoms with E-state index in [0.717, 1.165) is 23.5 Å². The molecule has 0 aliphatic rings. The van der Waals surface area contributed by atoms with E-state index in [0.29, 0.717) is 0 Å². The lowest BCUT2D eigenvalue weighted by Crippen LogP contribution is -2.23. The van der Waals surface area contributed by atoms with E-state index in [9.17, 15) is 0 Å². The van der Waals surface area contributed by atoms with Crippen molar-refractivity contribution in [3.63, 3.8) is 0 Å². The molecule has 20 heavy (non-hydrogen) atoms. The van der Waals surface area contributed by atoms with Crippen LogP contribution in [0, 0.1) is 0 Å². The minimum absolute atomic E-state index is 0.277.